The molecular weight excluding hydrogens is 364 g/mol. The predicted molar refractivity (Wildman–Crippen MR) is 128 cm³/mol. The third-order valence-electron chi connectivity index (χ3n) is 7.73. The van der Waals surface area contributed by atoms with Gasteiger partial charge in [-0.2, -0.15) is 0 Å². The SMILES string of the molecule is CC(c1ccccc1)N1CCCCC(C2CCCCCN2C(C)c2ccccc2)C1. The van der Waals surface area contributed by atoms with Crippen molar-refractivity contribution in [1.29, 1.82) is 0 Å². The molecule has 2 aromatic carbocycles. The predicted octanol–water partition coefficient (Wildman–Crippen LogP) is 6.86. The lowest BCUT2D eigenvalue weighted by atomic mass is 9.88. The van der Waals surface area contributed by atoms with Crippen molar-refractivity contribution in [1.82, 2.24) is 9.80 Å². The average Bonchev–Trinajstić information content (AvgIpc) is 3.20. The molecule has 4 unspecified atom stereocenters. The Morgan fingerprint density at radius 1 is 0.667 bits per heavy atom. The van der Waals surface area contributed by atoms with Crippen molar-refractivity contribution in [2.45, 2.75) is 76.9 Å². The van der Waals surface area contributed by atoms with Crippen molar-refractivity contribution in [3.63, 3.8) is 0 Å². The van der Waals surface area contributed by atoms with Crippen molar-refractivity contribution < 1.29 is 0 Å². The molecular formula is C28H40N2. The van der Waals surface area contributed by atoms with E-state index >= 15 is 0 Å². The van der Waals surface area contributed by atoms with Crippen LogP contribution in [0.5, 0.6) is 0 Å². The van der Waals surface area contributed by atoms with E-state index in [-0.39, 0.29) is 0 Å². The fourth-order valence-corrected chi connectivity index (χ4v) is 5.88. The molecule has 4 atom stereocenters. The lowest BCUT2D eigenvalue weighted by Gasteiger charge is -2.41. The Kier molecular flexibility index (Phi) is 7.62. The number of benzene rings is 2. The number of hydrogen-bond donors (Lipinski definition) is 0. The molecule has 0 radical (unpaired) electrons. The summed E-state index contributed by atoms with van der Waals surface area (Å²) >= 11 is 0. The molecule has 2 saturated heterocycles. The van der Waals surface area contributed by atoms with Crippen LogP contribution in [0.15, 0.2) is 60.7 Å². The average molecular weight is 405 g/mol. The van der Waals surface area contributed by atoms with E-state index in [1.165, 1.54) is 75.7 Å². The van der Waals surface area contributed by atoms with E-state index in [9.17, 15) is 0 Å². The molecule has 2 heterocycles. The van der Waals surface area contributed by atoms with Crippen molar-refractivity contribution >= 4 is 0 Å². The molecule has 30 heavy (non-hydrogen) atoms. The highest BCUT2D eigenvalue weighted by atomic mass is 15.2. The summed E-state index contributed by atoms with van der Waals surface area (Å²) in [6, 6.07) is 24.1. The second-order valence-corrected chi connectivity index (χ2v) is 9.58. The Morgan fingerprint density at radius 3 is 1.97 bits per heavy atom. The Hall–Kier alpha value is -1.64. The summed E-state index contributed by atoms with van der Waals surface area (Å²) < 4.78 is 0. The first kappa shape index (κ1) is 21.6. The second kappa shape index (κ2) is 10.6. The highest BCUT2D eigenvalue weighted by Crippen LogP contribution is 2.36. The van der Waals surface area contributed by atoms with Crippen LogP contribution in [0.2, 0.25) is 0 Å². The topological polar surface area (TPSA) is 6.48 Å². The molecule has 2 nitrogen and oxygen atoms in total. The molecule has 162 valence electrons. The van der Waals surface area contributed by atoms with E-state index in [1.807, 2.05) is 0 Å². The van der Waals surface area contributed by atoms with Gasteiger partial charge < -0.3 is 0 Å². The first-order chi connectivity index (χ1) is 14.7. The first-order valence-corrected chi connectivity index (χ1v) is 12.3. The lowest BCUT2D eigenvalue weighted by molar-refractivity contribution is 0.0730. The van der Waals surface area contributed by atoms with Gasteiger partial charge in [-0.05, 0) is 69.7 Å². The lowest BCUT2D eigenvalue weighted by Crippen LogP contribution is -2.45. The van der Waals surface area contributed by atoms with Gasteiger partial charge in [0.25, 0.3) is 0 Å². The van der Waals surface area contributed by atoms with Gasteiger partial charge in [-0.1, -0.05) is 79.9 Å². The van der Waals surface area contributed by atoms with Crippen molar-refractivity contribution in [2.24, 2.45) is 5.92 Å². The summed E-state index contributed by atoms with van der Waals surface area (Å²) in [4.78, 5) is 5.66. The smallest absolute Gasteiger partial charge is 0.0322 e. The zero-order valence-corrected chi connectivity index (χ0v) is 19.0. The van der Waals surface area contributed by atoms with Gasteiger partial charge in [0.05, 0.1) is 0 Å². The number of rotatable bonds is 5. The van der Waals surface area contributed by atoms with Gasteiger partial charge in [0.2, 0.25) is 0 Å². The maximum Gasteiger partial charge on any atom is 0.0322 e. The number of likely N-dealkylation sites (tertiary alicyclic amines) is 2. The fourth-order valence-electron chi connectivity index (χ4n) is 5.88. The monoisotopic (exact) mass is 404 g/mol. The minimum atomic E-state index is 0.512. The van der Waals surface area contributed by atoms with Crippen LogP contribution in [0.3, 0.4) is 0 Å². The van der Waals surface area contributed by atoms with Crippen molar-refractivity contribution in [3.05, 3.63) is 71.8 Å². The third-order valence-corrected chi connectivity index (χ3v) is 7.73. The van der Waals surface area contributed by atoms with Gasteiger partial charge in [-0.3, -0.25) is 9.80 Å². The van der Waals surface area contributed by atoms with Crippen LogP contribution in [0.1, 0.15) is 82.0 Å². The Labute approximate surface area is 184 Å². The quantitative estimate of drug-likeness (QED) is 0.537. The molecule has 2 aromatic rings. The molecule has 0 aliphatic carbocycles. The van der Waals surface area contributed by atoms with E-state index in [1.54, 1.807) is 0 Å². The second-order valence-electron chi connectivity index (χ2n) is 9.58. The fraction of sp³-hybridized carbons (Fsp3) is 0.571. The molecule has 0 bridgehead atoms. The van der Waals surface area contributed by atoms with Crippen LogP contribution >= 0.6 is 0 Å². The van der Waals surface area contributed by atoms with Crippen molar-refractivity contribution in [2.75, 3.05) is 19.6 Å². The Bertz CT molecular complexity index is 744. The van der Waals surface area contributed by atoms with Gasteiger partial charge in [0, 0.05) is 24.7 Å². The van der Waals surface area contributed by atoms with Crippen LogP contribution in [0.25, 0.3) is 0 Å². The molecule has 0 aromatic heterocycles. The maximum absolute atomic E-state index is 2.88. The summed E-state index contributed by atoms with van der Waals surface area (Å²) in [5.41, 5.74) is 2.95. The van der Waals surface area contributed by atoms with E-state index in [0.29, 0.717) is 18.1 Å². The van der Waals surface area contributed by atoms with Gasteiger partial charge in [0.1, 0.15) is 0 Å². The standard InChI is InChI=1S/C28H40N2/c1-23(25-14-6-3-7-15-25)29-20-13-11-18-27(22-29)28-19-10-5-12-21-30(28)24(2)26-16-8-4-9-17-26/h3-4,6-9,14-17,23-24,27-28H,5,10-13,18-22H2,1-2H3. The Balaban J connectivity index is 1.54. The van der Waals surface area contributed by atoms with Crippen LogP contribution in [-0.2, 0) is 0 Å². The van der Waals surface area contributed by atoms with Crippen LogP contribution < -0.4 is 0 Å². The minimum Gasteiger partial charge on any atom is -0.296 e. The van der Waals surface area contributed by atoms with Gasteiger partial charge >= 0.3 is 0 Å². The van der Waals surface area contributed by atoms with Crippen molar-refractivity contribution in [3.8, 4) is 0 Å². The molecule has 0 spiro atoms. The zero-order chi connectivity index (χ0) is 20.8. The molecule has 0 saturated carbocycles. The molecule has 2 fully saturated rings. The molecule has 2 heteroatoms. The first-order valence-electron chi connectivity index (χ1n) is 12.3. The van der Waals surface area contributed by atoms with Gasteiger partial charge in [0.15, 0.2) is 0 Å². The van der Waals surface area contributed by atoms with Gasteiger partial charge in [-0.25, -0.2) is 0 Å². The molecule has 0 amide bonds. The van der Waals surface area contributed by atoms with Crippen LogP contribution in [0.4, 0.5) is 0 Å². The summed E-state index contributed by atoms with van der Waals surface area (Å²) in [6.45, 7) is 8.60. The highest BCUT2D eigenvalue weighted by Gasteiger charge is 2.34. The van der Waals surface area contributed by atoms with E-state index in [0.717, 1.165) is 5.92 Å². The van der Waals surface area contributed by atoms with E-state index in [4.69, 9.17) is 0 Å². The number of nitrogens with zero attached hydrogens (tertiary/aromatic N) is 2. The minimum absolute atomic E-state index is 0.512. The largest absolute Gasteiger partial charge is 0.296 e. The summed E-state index contributed by atoms with van der Waals surface area (Å²) in [5, 5.41) is 0. The summed E-state index contributed by atoms with van der Waals surface area (Å²) in [7, 11) is 0. The normalized spacial score (nSPS) is 26.5. The molecule has 2 aliphatic rings. The third kappa shape index (κ3) is 5.15. The molecule has 2 aliphatic heterocycles. The highest BCUT2D eigenvalue weighted by molar-refractivity contribution is 5.20. The van der Waals surface area contributed by atoms with Gasteiger partial charge in [-0.15, -0.1) is 0 Å². The van der Waals surface area contributed by atoms with Crippen LogP contribution in [-0.4, -0.2) is 35.5 Å². The molecule has 4 rings (SSSR count). The number of hydrogen-bond acceptors (Lipinski definition) is 2. The molecule has 0 N–H and O–H groups in total. The van der Waals surface area contributed by atoms with E-state index < -0.39 is 0 Å². The Morgan fingerprint density at radius 2 is 1.27 bits per heavy atom. The zero-order valence-electron chi connectivity index (χ0n) is 19.0. The van der Waals surface area contributed by atoms with E-state index in [2.05, 4.69) is 84.3 Å². The summed E-state index contributed by atoms with van der Waals surface area (Å²) in [6.07, 6.45) is 9.63. The van der Waals surface area contributed by atoms with Crippen LogP contribution in [0, 0.1) is 5.92 Å². The maximum atomic E-state index is 2.88. The summed E-state index contributed by atoms with van der Waals surface area (Å²) in [5.74, 6) is 0.780.